The van der Waals surface area contributed by atoms with E-state index in [1.54, 1.807) is 0 Å². The average Bonchev–Trinajstić information content (AvgIpc) is 2.50. The van der Waals surface area contributed by atoms with E-state index in [-0.39, 0.29) is 0 Å². The van der Waals surface area contributed by atoms with Gasteiger partial charge in [0.2, 0.25) is 0 Å². The van der Waals surface area contributed by atoms with Crippen molar-refractivity contribution in [3.63, 3.8) is 0 Å². The summed E-state index contributed by atoms with van der Waals surface area (Å²) in [5.41, 5.74) is 1.11. The van der Waals surface area contributed by atoms with Crippen molar-refractivity contribution in [2.75, 3.05) is 6.54 Å². The summed E-state index contributed by atoms with van der Waals surface area (Å²) >= 11 is 0. The van der Waals surface area contributed by atoms with Crippen molar-refractivity contribution in [2.24, 2.45) is 0 Å². The number of nitrogens with zero attached hydrogens (tertiary/aromatic N) is 1. The van der Waals surface area contributed by atoms with Gasteiger partial charge in [0.05, 0.1) is 0 Å². The summed E-state index contributed by atoms with van der Waals surface area (Å²) in [4.78, 5) is 0. The molecule has 21 heavy (non-hydrogen) atoms. The minimum absolute atomic E-state index is 0.526. The average molecular weight is 290 g/mol. The first-order chi connectivity index (χ1) is 10.3. The molecule has 0 unspecified atom stereocenters. The van der Waals surface area contributed by atoms with Crippen LogP contribution in [0.3, 0.4) is 0 Å². The molecular weight excluding hydrogens is 258 g/mol. The van der Waals surface area contributed by atoms with Crippen LogP contribution < -0.4 is 0 Å². The standard InChI is InChI=1S/C19H32NO/c1-2-3-4-5-6-7-8-9-10-14-17-20(21)18-19-15-12-11-13-16-19/h11-13,15-16H,2-10,14,17-18H2,1H3/q-1. The van der Waals surface area contributed by atoms with Crippen LogP contribution in [0.15, 0.2) is 30.3 Å². The molecule has 1 aromatic carbocycles. The highest BCUT2D eigenvalue weighted by Gasteiger charge is 1.96. The van der Waals surface area contributed by atoms with Gasteiger partial charge < -0.3 is 10.3 Å². The Bertz CT molecular complexity index is 326. The minimum Gasteiger partial charge on any atom is -0.785 e. The number of hydroxylamine groups is 2. The smallest absolute Gasteiger partial charge is 0.0114 e. The van der Waals surface area contributed by atoms with Gasteiger partial charge >= 0.3 is 0 Å². The molecule has 0 heterocycles. The van der Waals surface area contributed by atoms with Gasteiger partial charge in [0.1, 0.15) is 0 Å². The Labute approximate surface area is 131 Å². The Kier molecular flexibility index (Phi) is 11.1. The van der Waals surface area contributed by atoms with Gasteiger partial charge in [-0.1, -0.05) is 95.0 Å². The third-order valence-corrected chi connectivity index (χ3v) is 3.96. The van der Waals surface area contributed by atoms with E-state index < -0.39 is 0 Å². The molecule has 0 aromatic heterocycles. The van der Waals surface area contributed by atoms with Crippen molar-refractivity contribution in [2.45, 2.75) is 77.7 Å². The number of hydrogen-bond acceptors (Lipinski definition) is 2. The molecule has 2 nitrogen and oxygen atoms in total. The molecule has 0 fully saturated rings. The fourth-order valence-corrected chi connectivity index (χ4v) is 2.64. The van der Waals surface area contributed by atoms with Crippen molar-refractivity contribution < 1.29 is 0 Å². The Hall–Kier alpha value is -0.860. The summed E-state index contributed by atoms with van der Waals surface area (Å²) in [6.07, 6.45) is 13.1. The van der Waals surface area contributed by atoms with Crippen LogP contribution in [0.5, 0.6) is 0 Å². The molecule has 0 atom stereocenters. The van der Waals surface area contributed by atoms with Crippen molar-refractivity contribution in [3.8, 4) is 0 Å². The SMILES string of the molecule is CCCCCCCCCCCCN([O-])Cc1ccccc1. The maximum atomic E-state index is 11.8. The van der Waals surface area contributed by atoms with Gasteiger partial charge in [-0.3, -0.25) is 0 Å². The van der Waals surface area contributed by atoms with E-state index in [0.29, 0.717) is 13.1 Å². The second-order valence-corrected chi connectivity index (χ2v) is 6.03. The molecule has 0 saturated heterocycles. The lowest BCUT2D eigenvalue weighted by Gasteiger charge is -2.28. The molecule has 1 aromatic rings. The molecule has 0 spiro atoms. The molecule has 0 amide bonds. The van der Waals surface area contributed by atoms with E-state index in [1.807, 2.05) is 30.3 Å². The van der Waals surface area contributed by atoms with Gasteiger partial charge in [-0.25, -0.2) is 0 Å². The lowest BCUT2D eigenvalue weighted by molar-refractivity contribution is 0.356. The van der Waals surface area contributed by atoms with Crippen LogP contribution in [0.4, 0.5) is 0 Å². The van der Waals surface area contributed by atoms with Crippen LogP contribution in [0.1, 0.15) is 76.7 Å². The zero-order valence-corrected chi connectivity index (χ0v) is 13.7. The highest BCUT2D eigenvalue weighted by molar-refractivity contribution is 5.14. The van der Waals surface area contributed by atoms with Crippen LogP contribution in [0.25, 0.3) is 0 Å². The maximum Gasteiger partial charge on any atom is 0.0114 e. The normalized spacial score (nSPS) is 11.2. The van der Waals surface area contributed by atoms with Crippen molar-refractivity contribution in [1.29, 1.82) is 0 Å². The summed E-state index contributed by atoms with van der Waals surface area (Å²) < 4.78 is 0. The number of benzene rings is 1. The summed E-state index contributed by atoms with van der Waals surface area (Å²) in [5, 5.41) is 13.0. The fraction of sp³-hybridized carbons (Fsp3) is 0.684. The Morgan fingerprint density at radius 2 is 1.29 bits per heavy atom. The van der Waals surface area contributed by atoms with Crippen LogP contribution in [0.2, 0.25) is 0 Å². The lowest BCUT2D eigenvalue weighted by Crippen LogP contribution is -2.16. The Morgan fingerprint density at radius 1 is 0.762 bits per heavy atom. The number of unbranched alkanes of at least 4 members (excludes halogenated alkanes) is 9. The zero-order chi connectivity index (χ0) is 15.2. The van der Waals surface area contributed by atoms with Crippen molar-refractivity contribution >= 4 is 0 Å². The molecule has 0 aliphatic carbocycles. The first-order valence-corrected chi connectivity index (χ1v) is 8.79. The van der Waals surface area contributed by atoms with Gasteiger partial charge in [-0.2, -0.15) is 0 Å². The van der Waals surface area contributed by atoms with E-state index in [4.69, 9.17) is 0 Å². The highest BCUT2D eigenvalue weighted by Crippen LogP contribution is 2.11. The molecular formula is C19H32NO-. The summed E-state index contributed by atoms with van der Waals surface area (Å²) in [7, 11) is 0. The van der Waals surface area contributed by atoms with E-state index >= 15 is 0 Å². The molecule has 0 bridgehead atoms. The van der Waals surface area contributed by atoms with E-state index in [0.717, 1.165) is 12.0 Å². The molecule has 120 valence electrons. The van der Waals surface area contributed by atoms with Gasteiger partial charge in [0, 0.05) is 6.54 Å². The van der Waals surface area contributed by atoms with Crippen LogP contribution >= 0.6 is 0 Å². The molecule has 0 aliphatic heterocycles. The van der Waals surface area contributed by atoms with Crippen molar-refractivity contribution in [3.05, 3.63) is 41.1 Å². The highest BCUT2D eigenvalue weighted by atomic mass is 16.5. The quantitative estimate of drug-likeness (QED) is 0.333. The molecule has 0 radical (unpaired) electrons. The second-order valence-electron chi connectivity index (χ2n) is 6.03. The van der Waals surface area contributed by atoms with E-state index in [2.05, 4.69) is 6.92 Å². The third-order valence-electron chi connectivity index (χ3n) is 3.96. The maximum absolute atomic E-state index is 11.8. The molecule has 0 saturated carbocycles. The Balaban J connectivity index is 1.87. The summed E-state index contributed by atoms with van der Waals surface area (Å²) in [6.45, 7) is 3.46. The summed E-state index contributed by atoms with van der Waals surface area (Å²) in [6, 6.07) is 10.0. The Morgan fingerprint density at radius 3 is 1.86 bits per heavy atom. The predicted octanol–water partition coefficient (Wildman–Crippen LogP) is 5.91. The number of rotatable bonds is 13. The third kappa shape index (κ3) is 10.5. The van der Waals surface area contributed by atoms with Crippen LogP contribution in [-0.4, -0.2) is 11.6 Å². The monoisotopic (exact) mass is 290 g/mol. The van der Waals surface area contributed by atoms with Gasteiger partial charge in [0.25, 0.3) is 0 Å². The minimum atomic E-state index is 0.526. The molecule has 0 N–H and O–H groups in total. The predicted molar refractivity (Wildman–Crippen MR) is 92.1 cm³/mol. The van der Waals surface area contributed by atoms with Gasteiger partial charge in [0.15, 0.2) is 0 Å². The van der Waals surface area contributed by atoms with E-state index in [9.17, 15) is 5.21 Å². The first kappa shape index (κ1) is 18.2. The van der Waals surface area contributed by atoms with Crippen molar-refractivity contribution in [1.82, 2.24) is 5.06 Å². The molecule has 2 heteroatoms. The second kappa shape index (κ2) is 12.8. The molecule has 1 rings (SSSR count). The van der Waals surface area contributed by atoms with Crippen LogP contribution in [-0.2, 0) is 6.54 Å². The topological polar surface area (TPSA) is 26.3 Å². The van der Waals surface area contributed by atoms with Crippen LogP contribution in [0, 0.1) is 5.21 Å². The first-order valence-electron chi connectivity index (χ1n) is 8.79. The van der Waals surface area contributed by atoms with E-state index in [1.165, 1.54) is 62.9 Å². The zero-order valence-electron chi connectivity index (χ0n) is 13.7. The molecule has 0 aliphatic rings. The largest absolute Gasteiger partial charge is 0.785 e. The summed E-state index contributed by atoms with van der Waals surface area (Å²) in [5.74, 6) is 0. The van der Waals surface area contributed by atoms with Gasteiger partial charge in [-0.05, 0) is 18.5 Å². The van der Waals surface area contributed by atoms with Gasteiger partial charge in [-0.15, -0.1) is 0 Å². The number of hydrogen-bond donors (Lipinski definition) is 0. The lowest BCUT2D eigenvalue weighted by atomic mass is 10.1. The fourth-order valence-electron chi connectivity index (χ4n) is 2.64.